The SMILES string of the molecule is O=C(c1nn(-c2ccccc2F)c2c1CCC2)N1CCCC1c1nnc2ccccn12. The Labute approximate surface area is 178 Å². The minimum absolute atomic E-state index is 0.108. The van der Waals surface area contributed by atoms with Crippen LogP contribution in [0.25, 0.3) is 11.3 Å². The van der Waals surface area contributed by atoms with Crippen molar-refractivity contribution in [1.29, 1.82) is 0 Å². The number of hydrogen-bond acceptors (Lipinski definition) is 4. The third kappa shape index (κ3) is 2.78. The molecular formula is C23H21FN6O. The smallest absolute Gasteiger partial charge is 0.275 e. The molecule has 7 nitrogen and oxygen atoms in total. The third-order valence-corrected chi connectivity index (χ3v) is 6.37. The standard InChI is InChI=1S/C23H21FN6O/c24-16-8-1-2-9-18(16)30-17-10-5-7-15(17)21(27-30)23(31)28-14-6-11-19(28)22-26-25-20-12-3-4-13-29(20)22/h1-4,8-9,12-13,19H,5-7,10-11,14H2. The number of halogens is 1. The summed E-state index contributed by atoms with van der Waals surface area (Å²) in [7, 11) is 0. The molecule has 1 aliphatic carbocycles. The van der Waals surface area contributed by atoms with E-state index in [9.17, 15) is 9.18 Å². The van der Waals surface area contributed by atoms with E-state index in [1.807, 2.05) is 33.7 Å². The summed E-state index contributed by atoms with van der Waals surface area (Å²) in [5, 5.41) is 13.3. The summed E-state index contributed by atoms with van der Waals surface area (Å²) in [5.74, 6) is 0.322. The van der Waals surface area contributed by atoms with E-state index in [-0.39, 0.29) is 17.8 Å². The number of benzene rings is 1. The first kappa shape index (κ1) is 18.2. The predicted octanol–water partition coefficient (Wildman–Crippen LogP) is 3.52. The van der Waals surface area contributed by atoms with E-state index in [1.54, 1.807) is 22.9 Å². The minimum Gasteiger partial charge on any atom is -0.327 e. The summed E-state index contributed by atoms with van der Waals surface area (Å²) in [6, 6.07) is 12.2. The van der Waals surface area contributed by atoms with Gasteiger partial charge in [-0.2, -0.15) is 5.10 Å². The molecule has 1 fully saturated rings. The largest absolute Gasteiger partial charge is 0.327 e. The van der Waals surface area contributed by atoms with Gasteiger partial charge in [-0.3, -0.25) is 9.20 Å². The summed E-state index contributed by atoms with van der Waals surface area (Å²) < 4.78 is 18.0. The van der Waals surface area contributed by atoms with E-state index in [1.165, 1.54) is 6.07 Å². The summed E-state index contributed by atoms with van der Waals surface area (Å²) in [6.45, 7) is 0.645. The Balaban J connectivity index is 1.41. The van der Waals surface area contributed by atoms with Gasteiger partial charge >= 0.3 is 0 Å². The van der Waals surface area contributed by atoms with Gasteiger partial charge in [0.25, 0.3) is 5.91 Å². The van der Waals surface area contributed by atoms with Crippen LogP contribution in [0.3, 0.4) is 0 Å². The lowest BCUT2D eigenvalue weighted by atomic mass is 10.1. The quantitative estimate of drug-likeness (QED) is 0.513. The lowest BCUT2D eigenvalue weighted by Gasteiger charge is -2.23. The zero-order valence-electron chi connectivity index (χ0n) is 16.9. The second-order valence-corrected chi connectivity index (χ2v) is 8.13. The summed E-state index contributed by atoms with van der Waals surface area (Å²) >= 11 is 0. The third-order valence-electron chi connectivity index (χ3n) is 6.37. The normalized spacial score (nSPS) is 18.1. The molecule has 156 valence electrons. The molecule has 8 heteroatoms. The number of fused-ring (bicyclic) bond motifs is 2. The zero-order valence-corrected chi connectivity index (χ0v) is 16.9. The van der Waals surface area contributed by atoms with Crippen LogP contribution in [-0.4, -0.2) is 41.7 Å². The van der Waals surface area contributed by atoms with Crippen LogP contribution >= 0.6 is 0 Å². The van der Waals surface area contributed by atoms with Crippen molar-refractivity contribution in [3.8, 4) is 5.69 Å². The molecule has 0 spiro atoms. The van der Waals surface area contributed by atoms with E-state index in [2.05, 4.69) is 15.3 Å². The van der Waals surface area contributed by atoms with Crippen LogP contribution < -0.4 is 0 Å². The Morgan fingerprint density at radius 2 is 1.90 bits per heavy atom. The summed E-state index contributed by atoms with van der Waals surface area (Å²) in [4.78, 5) is 15.5. The molecule has 1 unspecified atom stereocenters. The Kier molecular flexibility index (Phi) is 4.12. The van der Waals surface area contributed by atoms with Crippen LogP contribution in [-0.2, 0) is 12.8 Å². The van der Waals surface area contributed by atoms with Crippen molar-refractivity contribution in [2.24, 2.45) is 0 Å². The van der Waals surface area contributed by atoms with Gasteiger partial charge in [0, 0.05) is 24.0 Å². The van der Waals surface area contributed by atoms with Gasteiger partial charge in [0.1, 0.15) is 11.5 Å². The fourth-order valence-corrected chi connectivity index (χ4v) is 4.93. The number of para-hydroxylation sites is 1. The number of aromatic nitrogens is 5. The van der Waals surface area contributed by atoms with Crippen LogP contribution in [0.15, 0.2) is 48.7 Å². The van der Waals surface area contributed by atoms with Gasteiger partial charge in [-0.1, -0.05) is 18.2 Å². The maximum Gasteiger partial charge on any atom is 0.275 e. The van der Waals surface area contributed by atoms with Gasteiger partial charge in [0.05, 0.1) is 6.04 Å². The van der Waals surface area contributed by atoms with E-state index in [0.717, 1.165) is 54.8 Å². The van der Waals surface area contributed by atoms with Crippen LogP contribution in [0.2, 0.25) is 0 Å². The van der Waals surface area contributed by atoms with Crippen molar-refractivity contribution in [2.75, 3.05) is 6.54 Å². The van der Waals surface area contributed by atoms with Gasteiger partial charge in [-0.15, -0.1) is 10.2 Å². The second-order valence-electron chi connectivity index (χ2n) is 8.13. The lowest BCUT2D eigenvalue weighted by Crippen LogP contribution is -2.32. The molecular weight excluding hydrogens is 395 g/mol. The number of rotatable bonds is 3. The number of pyridine rings is 1. The van der Waals surface area contributed by atoms with Crippen molar-refractivity contribution in [3.05, 3.63) is 77.3 Å². The van der Waals surface area contributed by atoms with Crippen LogP contribution in [0.1, 0.15) is 52.9 Å². The first-order valence-corrected chi connectivity index (χ1v) is 10.7. The number of hydrogen-bond donors (Lipinski definition) is 0. The van der Waals surface area contributed by atoms with E-state index >= 15 is 0 Å². The molecule has 4 aromatic rings. The Hall–Kier alpha value is -3.55. The second kappa shape index (κ2) is 7.01. The molecule has 0 bridgehead atoms. The zero-order chi connectivity index (χ0) is 20.9. The van der Waals surface area contributed by atoms with Crippen molar-refractivity contribution in [3.63, 3.8) is 0 Å². The number of carbonyl (C=O) groups is 1. The highest BCUT2D eigenvalue weighted by Crippen LogP contribution is 2.35. The molecule has 0 radical (unpaired) electrons. The number of amides is 1. The Morgan fingerprint density at radius 1 is 1.03 bits per heavy atom. The maximum atomic E-state index is 14.5. The first-order valence-electron chi connectivity index (χ1n) is 10.7. The average Bonchev–Trinajstić information content (AvgIpc) is 3.56. The van der Waals surface area contributed by atoms with Gasteiger partial charge < -0.3 is 4.90 Å². The van der Waals surface area contributed by atoms with Gasteiger partial charge in [-0.05, 0) is 56.4 Å². The lowest BCUT2D eigenvalue weighted by molar-refractivity contribution is 0.0721. The first-order chi connectivity index (χ1) is 15.2. The van der Waals surface area contributed by atoms with Gasteiger partial charge in [0.15, 0.2) is 17.2 Å². The molecule has 31 heavy (non-hydrogen) atoms. The van der Waals surface area contributed by atoms with Crippen molar-refractivity contribution >= 4 is 11.6 Å². The molecule has 1 aliphatic heterocycles. The van der Waals surface area contributed by atoms with Crippen LogP contribution in [0.4, 0.5) is 4.39 Å². The molecule has 3 aromatic heterocycles. The molecule has 1 atom stereocenters. The molecule has 0 N–H and O–H groups in total. The highest BCUT2D eigenvalue weighted by atomic mass is 19.1. The predicted molar refractivity (Wildman–Crippen MR) is 112 cm³/mol. The highest BCUT2D eigenvalue weighted by molar-refractivity contribution is 5.94. The monoisotopic (exact) mass is 416 g/mol. The summed E-state index contributed by atoms with van der Waals surface area (Å²) in [6.07, 6.45) is 6.18. The molecule has 1 amide bonds. The summed E-state index contributed by atoms with van der Waals surface area (Å²) in [5.41, 5.74) is 3.49. The minimum atomic E-state index is -0.340. The highest BCUT2D eigenvalue weighted by Gasteiger charge is 2.37. The molecule has 0 saturated carbocycles. The van der Waals surface area contributed by atoms with Crippen LogP contribution in [0.5, 0.6) is 0 Å². The fourth-order valence-electron chi connectivity index (χ4n) is 4.93. The number of nitrogens with zero attached hydrogens (tertiary/aromatic N) is 6. The molecule has 4 heterocycles. The van der Waals surface area contributed by atoms with Gasteiger partial charge in [0.2, 0.25) is 0 Å². The van der Waals surface area contributed by atoms with Crippen LogP contribution in [0, 0.1) is 5.82 Å². The molecule has 1 aromatic carbocycles. The Bertz CT molecular complexity index is 1310. The molecule has 6 rings (SSSR count). The van der Waals surface area contributed by atoms with E-state index in [0.29, 0.717) is 17.9 Å². The van der Waals surface area contributed by atoms with Crippen molar-refractivity contribution < 1.29 is 9.18 Å². The van der Waals surface area contributed by atoms with Crippen molar-refractivity contribution in [1.82, 2.24) is 29.3 Å². The van der Waals surface area contributed by atoms with Gasteiger partial charge in [-0.25, -0.2) is 9.07 Å². The fraction of sp³-hybridized carbons (Fsp3) is 0.304. The van der Waals surface area contributed by atoms with E-state index in [4.69, 9.17) is 0 Å². The number of likely N-dealkylation sites (tertiary alicyclic amines) is 1. The number of carbonyl (C=O) groups excluding carboxylic acids is 1. The Morgan fingerprint density at radius 3 is 2.81 bits per heavy atom. The van der Waals surface area contributed by atoms with Crippen molar-refractivity contribution in [2.45, 2.75) is 38.1 Å². The molecule has 2 aliphatic rings. The van der Waals surface area contributed by atoms with E-state index < -0.39 is 0 Å². The maximum absolute atomic E-state index is 14.5. The average molecular weight is 416 g/mol. The topological polar surface area (TPSA) is 68.3 Å². The molecule has 1 saturated heterocycles.